The molecule has 0 aromatic carbocycles. The third kappa shape index (κ3) is 5.70. The number of carbonyl (C=O) groups is 2. The smallest absolute Gasteiger partial charge is 0.305 e. The maximum Gasteiger partial charge on any atom is 0.305 e. The molecule has 0 unspecified atom stereocenters. The Kier molecular flexibility index (Phi) is 7.41. The largest absolute Gasteiger partial charge is 0.464 e. The van der Waals surface area contributed by atoms with Crippen LogP contribution in [0.5, 0.6) is 0 Å². The fraction of sp³-hybridized carbons (Fsp3) is 0.438. The lowest BCUT2D eigenvalue weighted by atomic mass is 10.3. The standard InChI is InChI=1S/C16H20N2O3S3/c1-17(2)8-9-21-14(19)6-3-7-18-15(20)13(24-16(18)22)11-12-5-4-10-23-12/h4-5,10-11H,3,6-9H2,1-2H3/b13-11+. The first kappa shape index (κ1) is 19.1. The first-order chi connectivity index (χ1) is 11.5. The topological polar surface area (TPSA) is 49.9 Å². The molecule has 0 spiro atoms. The highest BCUT2D eigenvalue weighted by Gasteiger charge is 2.31. The van der Waals surface area contributed by atoms with Crippen molar-refractivity contribution >= 4 is 57.6 Å². The van der Waals surface area contributed by atoms with Gasteiger partial charge in [-0.2, -0.15) is 0 Å². The van der Waals surface area contributed by atoms with Crippen LogP contribution >= 0.6 is 35.3 Å². The predicted octanol–water partition coefficient (Wildman–Crippen LogP) is 2.83. The predicted molar refractivity (Wildman–Crippen MR) is 103 cm³/mol. The normalized spacial score (nSPS) is 16.5. The average molecular weight is 385 g/mol. The van der Waals surface area contributed by atoms with Crippen LogP contribution in [-0.2, 0) is 14.3 Å². The molecule has 0 saturated carbocycles. The van der Waals surface area contributed by atoms with Crippen molar-refractivity contribution in [1.82, 2.24) is 9.80 Å². The van der Waals surface area contributed by atoms with Crippen molar-refractivity contribution in [3.63, 3.8) is 0 Å². The monoisotopic (exact) mass is 384 g/mol. The molecule has 1 saturated heterocycles. The lowest BCUT2D eigenvalue weighted by Gasteiger charge is -2.14. The highest BCUT2D eigenvalue weighted by molar-refractivity contribution is 8.26. The quantitative estimate of drug-likeness (QED) is 0.390. The average Bonchev–Trinajstić information content (AvgIpc) is 3.11. The molecule has 2 rings (SSSR count). The number of thioether (sulfide) groups is 1. The second-order valence-corrected chi connectivity index (χ2v) is 8.13. The summed E-state index contributed by atoms with van der Waals surface area (Å²) >= 11 is 8.16. The van der Waals surface area contributed by atoms with E-state index in [1.54, 1.807) is 16.2 Å². The fourth-order valence-corrected chi connectivity index (χ4v) is 4.02. The first-order valence-corrected chi connectivity index (χ1v) is 9.67. The number of thiocarbonyl (C=S) groups is 1. The van der Waals surface area contributed by atoms with Gasteiger partial charge in [0.05, 0.1) is 4.91 Å². The van der Waals surface area contributed by atoms with E-state index in [9.17, 15) is 9.59 Å². The van der Waals surface area contributed by atoms with Crippen molar-refractivity contribution in [3.8, 4) is 0 Å². The third-order valence-electron chi connectivity index (χ3n) is 3.25. The SMILES string of the molecule is CN(C)CCOC(=O)CCCN1C(=O)/C(=C\c2cccs2)SC1=S. The van der Waals surface area contributed by atoms with Crippen LogP contribution in [0.3, 0.4) is 0 Å². The highest BCUT2D eigenvalue weighted by Crippen LogP contribution is 2.33. The number of likely N-dealkylation sites (N-methyl/N-ethyl adjacent to an activating group) is 1. The van der Waals surface area contributed by atoms with Gasteiger partial charge in [0.15, 0.2) is 0 Å². The minimum absolute atomic E-state index is 0.0839. The zero-order valence-corrected chi connectivity index (χ0v) is 16.1. The van der Waals surface area contributed by atoms with Gasteiger partial charge in [-0.3, -0.25) is 14.5 Å². The molecule has 1 aliphatic rings. The van der Waals surface area contributed by atoms with Crippen LogP contribution in [0.2, 0.25) is 0 Å². The molecule has 2 heterocycles. The van der Waals surface area contributed by atoms with E-state index in [0.717, 1.165) is 4.88 Å². The Hall–Kier alpha value is -1.22. The Morgan fingerprint density at radius 3 is 2.92 bits per heavy atom. The van der Waals surface area contributed by atoms with E-state index in [2.05, 4.69) is 0 Å². The van der Waals surface area contributed by atoms with Gasteiger partial charge in [-0.05, 0) is 38.0 Å². The van der Waals surface area contributed by atoms with Crippen molar-refractivity contribution in [1.29, 1.82) is 0 Å². The lowest BCUT2D eigenvalue weighted by molar-refractivity contribution is -0.144. The summed E-state index contributed by atoms with van der Waals surface area (Å²) in [4.78, 5) is 29.2. The first-order valence-electron chi connectivity index (χ1n) is 7.56. The minimum atomic E-state index is -0.239. The number of hydrogen-bond donors (Lipinski definition) is 0. The van der Waals surface area contributed by atoms with Crippen LogP contribution in [0.4, 0.5) is 0 Å². The van der Waals surface area contributed by atoms with Crippen LogP contribution in [0.15, 0.2) is 22.4 Å². The third-order valence-corrected chi connectivity index (χ3v) is 5.45. The number of hydrogen-bond acceptors (Lipinski definition) is 7. The van der Waals surface area contributed by atoms with Gasteiger partial charge in [0.2, 0.25) is 0 Å². The number of thiophene rings is 1. The van der Waals surface area contributed by atoms with Crippen molar-refractivity contribution in [2.45, 2.75) is 12.8 Å². The minimum Gasteiger partial charge on any atom is -0.464 e. The molecule has 1 aromatic rings. The number of ether oxygens (including phenoxy) is 1. The Labute approximate surface area is 155 Å². The van der Waals surface area contributed by atoms with E-state index in [4.69, 9.17) is 17.0 Å². The van der Waals surface area contributed by atoms with E-state index in [1.165, 1.54) is 11.8 Å². The van der Waals surface area contributed by atoms with E-state index in [0.29, 0.717) is 35.3 Å². The highest BCUT2D eigenvalue weighted by atomic mass is 32.2. The Morgan fingerprint density at radius 1 is 1.46 bits per heavy atom. The zero-order chi connectivity index (χ0) is 17.5. The van der Waals surface area contributed by atoms with Gasteiger partial charge in [-0.25, -0.2) is 0 Å². The van der Waals surface area contributed by atoms with Gasteiger partial charge in [0.25, 0.3) is 5.91 Å². The molecule has 130 valence electrons. The summed E-state index contributed by atoms with van der Waals surface area (Å²) in [7, 11) is 3.85. The van der Waals surface area contributed by atoms with E-state index in [1.807, 2.05) is 42.6 Å². The molecular weight excluding hydrogens is 364 g/mol. The van der Waals surface area contributed by atoms with E-state index < -0.39 is 0 Å². The number of amides is 1. The Balaban J connectivity index is 1.78. The Bertz CT molecular complexity index is 627. The van der Waals surface area contributed by atoms with Gasteiger partial charge in [0.1, 0.15) is 10.9 Å². The van der Waals surface area contributed by atoms with Gasteiger partial charge in [-0.1, -0.05) is 30.0 Å². The molecule has 5 nitrogen and oxygen atoms in total. The molecule has 0 N–H and O–H groups in total. The van der Waals surface area contributed by atoms with Crippen LogP contribution in [0.1, 0.15) is 17.7 Å². The molecule has 0 aliphatic carbocycles. The lowest BCUT2D eigenvalue weighted by Crippen LogP contribution is -2.29. The molecule has 1 aromatic heterocycles. The Morgan fingerprint density at radius 2 is 2.25 bits per heavy atom. The molecule has 0 radical (unpaired) electrons. The number of carbonyl (C=O) groups excluding carboxylic acids is 2. The second kappa shape index (κ2) is 9.31. The summed E-state index contributed by atoms with van der Waals surface area (Å²) in [6.45, 7) is 1.53. The van der Waals surface area contributed by atoms with Crippen molar-refractivity contribution in [3.05, 3.63) is 27.3 Å². The zero-order valence-electron chi connectivity index (χ0n) is 13.7. The van der Waals surface area contributed by atoms with Crippen molar-refractivity contribution in [2.75, 3.05) is 33.8 Å². The van der Waals surface area contributed by atoms with E-state index >= 15 is 0 Å². The summed E-state index contributed by atoms with van der Waals surface area (Å²) in [5.74, 6) is -0.323. The second-order valence-electron chi connectivity index (χ2n) is 5.48. The fourth-order valence-electron chi connectivity index (χ4n) is 1.99. The van der Waals surface area contributed by atoms with Crippen molar-refractivity contribution < 1.29 is 14.3 Å². The maximum absolute atomic E-state index is 12.4. The van der Waals surface area contributed by atoms with E-state index in [-0.39, 0.29) is 18.3 Å². The number of nitrogens with zero attached hydrogens (tertiary/aromatic N) is 2. The molecule has 8 heteroatoms. The van der Waals surface area contributed by atoms with Crippen LogP contribution in [0, 0.1) is 0 Å². The van der Waals surface area contributed by atoms with Crippen LogP contribution < -0.4 is 0 Å². The molecular formula is C16H20N2O3S3. The van der Waals surface area contributed by atoms with Crippen LogP contribution in [0.25, 0.3) is 6.08 Å². The molecule has 1 aliphatic heterocycles. The van der Waals surface area contributed by atoms with Crippen molar-refractivity contribution in [2.24, 2.45) is 0 Å². The van der Waals surface area contributed by atoms with Gasteiger partial charge < -0.3 is 9.64 Å². The summed E-state index contributed by atoms with van der Waals surface area (Å²) in [5, 5.41) is 1.97. The molecule has 1 amide bonds. The molecule has 0 bridgehead atoms. The molecule has 24 heavy (non-hydrogen) atoms. The summed E-state index contributed by atoms with van der Waals surface area (Å²) in [6, 6.07) is 3.90. The number of rotatable bonds is 8. The van der Waals surface area contributed by atoms with Crippen LogP contribution in [-0.4, -0.2) is 59.8 Å². The maximum atomic E-state index is 12.4. The molecule has 1 fully saturated rings. The van der Waals surface area contributed by atoms with Gasteiger partial charge in [-0.15, -0.1) is 11.3 Å². The number of esters is 1. The summed E-state index contributed by atoms with van der Waals surface area (Å²) < 4.78 is 5.68. The summed E-state index contributed by atoms with van der Waals surface area (Å²) in [6.07, 6.45) is 2.69. The molecule has 0 atom stereocenters. The summed E-state index contributed by atoms with van der Waals surface area (Å²) in [5.41, 5.74) is 0. The van der Waals surface area contributed by atoms with Gasteiger partial charge >= 0.3 is 5.97 Å². The van der Waals surface area contributed by atoms with Gasteiger partial charge in [0, 0.05) is 24.4 Å².